The molecule has 1 rings (SSSR count). The van der Waals surface area contributed by atoms with Crippen molar-refractivity contribution < 1.29 is 43.6 Å². The Bertz CT molecular complexity index is 506. The SMILES string of the molecule is C=C(C)C(=O)OC(CC(=O)O)(CC(=O)OCC1CO1)C(=O)O. The lowest BCUT2D eigenvalue weighted by atomic mass is 9.95. The molecule has 9 heteroatoms. The van der Waals surface area contributed by atoms with Gasteiger partial charge in [0.15, 0.2) is 0 Å². The molecule has 1 aliphatic heterocycles. The Balaban J connectivity index is 2.87. The van der Waals surface area contributed by atoms with Crippen LogP contribution in [0.5, 0.6) is 0 Å². The molecule has 0 aromatic heterocycles. The minimum absolute atomic E-state index is 0.0734. The summed E-state index contributed by atoms with van der Waals surface area (Å²) in [5.41, 5.74) is -2.68. The largest absolute Gasteiger partial charge is 0.481 e. The van der Waals surface area contributed by atoms with Crippen LogP contribution in [0.1, 0.15) is 19.8 Å². The van der Waals surface area contributed by atoms with Crippen molar-refractivity contribution in [3.05, 3.63) is 12.2 Å². The highest BCUT2D eigenvalue weighted by Crippen LogP contribution is 2.24. The lowest BCUT2D eigenvalue weighted by Crippen LogP contribution is -2.47. The number of epoxide rings is 1. The summed E-state index contributed by atoms with van der Waals surface area (Å²) in [6.07, 6.45) is -2.25. The van der Waals surface area contributed by atoms with Crippen molar-refractivity contribution in [2.75, 3.05) is 13.2 Å². The van der Waals surface area contributed by atoms with Crippen molar-refractivity contribution >= 4 is 23.9 Å². The Morgan fingerprint density at radius 2 is 1.86 bits per heavy atom. The normalized spacial score (nSPS) is 18.7. The van der Waals surface area contributed by atoms with Crippen molar-refractivity contribution in [3.8, 4) is 0 Å². The van der Waals surface area contributed by atoms with E-state index in [9.17, 15) is 24.3 Å². The molecule has 0 aromatic carbocycles. The van der Waals surface area contributed by atoms with Gasteiger partial charge in [-0.3, -0.25) is 9.59 Å². The summed E-state index contributed by atoms with van der Waals surface area (Å²) < 4.78 is 14.3. The quantitative estimate of drug-likeness (QED) is 0.334. The number of carbonyl (C=O) groups is 4. The van der Waals surface area contributed by atoms with Crippen LogP contribution in [0.4, 0.5) is 0 Å². The molecule has 2 unspecified atom stereocenters. The summed E-state index contributed by atoms with van der Waals surface area (Å²) in [5.74, 6) is -5.42. The molecular formula is C13H16O9. The fourth-order valence-corrected chi connectivity index (χ4v) is 1.47. The maximum Gasteiger partial charge on any atom is 0.349 e. The Morgan fingerprint density at radius 1 is 1.27 bits per heavy atom. The van der Waals surface area contributed by atoms with Crippen LogP contribution in [-0.2, 0) is 33.4 Å². The molecule has 22 heavy (non-hydrogen) atoms. The molecule has 1 fully saturated rings. The minimum Gasteiger partial charge on any atom is -0.481 e. The summed E-state index contributed by atoms with van der Waals surface area (Å²) in [5, 5.41) is 18.1. The summed E-state index contributed by atoms with van der Waals surface area (Å²) in [4.78, 5) is 45.5. The van der Waals surface area contributed by atoms with Crippen molar-refractivity contribution in [2.24, 2.45) is 0 Å². The van der Waals surface area contributed by atoms with E-state index < -0.39 is 42.3 Å². The standard InChI is InChI=1S/C13H16O9/c1-7(2)11(17)22-13(12(18)19,3-9(14)15)4-10(16)21-6-8-5-20-8/h8H,1,3-6H2,2H3,(H,14,15)(H,18,19). The molecule has 2 N–H and O–H groups in total. The molecule has 1 heterocycles. The van der Waals surface area contributed by atoms with Crippen LogP contribution in [0.25, 0.3) is 0 Å². The van der Waals surface area contributed by atoms with Gasteiger partial charge in [-0.1, -0.05) is 6.58 Å². The zero-order valence-electron chi connectivity index (χ0n) is 11.9. The van der Waals surface area contributed by atoms with Gasteiger partial charge < -0.3 is 24.4 Å². The fraction of sp³-hybridized carbons (Fsp3) is 0.538. The van der Waals surface area contributed by atoms with E-state index in [1.165, 1.54) is 6.92 Å². The van der Waals surface area contributed by atoms with E-state index in [-0.39, 0.29) is 18.3 Å². The maximum absolute atomic E-state index is 11.7. The van der Waals surface area contributed by atoms with Gasteiger partial charge in [0.25, 0.3) is 0 Å². The monoisotopic (exact) mass is 316 g/mol. The molecule has 1 aliphatic rings. The number of hydrogen-bond acceptors (Lipinski definition) is 7. The summed E-state index contributed by atoms with van der Waals surface area (Å²) in [6.45, 7) is 4.89. The van der Waals surface area contributed by atoms with Gasteiger partial charge in [-0.25, -0.2) is 9.59 Å². The second-order valence-corrected chi connectivity index (χ2v) is 4.85. The zero-order chi connectivity index (χ0) is 16.9. The van der Waals surface area contributed by atoms with Crippen LogP contribution in [-0.4, -0.2) is 59.0 Å². The molecule has 0 aliphatic carbocycles. The van der Waals surface area contributed by atoms with Gasteiger partial charge in [0, 0.05) is 5.57 Å². The Hall–Kier alpha value is -2.42. The van der Waals surface area contributed by atoms with Crippen LogP contribution in [0.15, 0.2) is 12.2 Å². The molecule has 0 bridgehead atoms. The van der Waals surface area contributed by atoms with Crippen LogP contribution in [0, 0.1) is 0 Å². The second-order valence-electron chi connectivity index (χ2n) is 4.85. The number of rotatable bonds is 9. The summed E-state index contributed by atoms with van der Waals surface area (Å²) in [7, 11) is 0. The van der Waals surface area contributed by atoms with Crippen LogP contribution in [0.3, 0.4) is 0 Å². The van der Waals surface area contributed by atoms with Crippen LogP contribution in [0.2, 0.25) is 0 Å². The minimum atomic E-state index is -2.55. The predicted molar refractivity (Wildman–Crippen MR) is 68.8 cm³/mol. The number of carboxylic acid groups (broad SMARTS) is 2. The van der Waals surface area contributed by atoms with Crippen molar-refractivity contribution in [1.29, 1.82) is 0 Å². The third kappa shape index (κ3) is 5.17. The predicted octanol–water partition coefficient (Wildman–Crippen LogP) is -0.264. The molecule has 0 radical (unpaired) electrons. The lowest BCUT2D eigenvalue weighted by Gasteiger charge is -2.27. The molecule has 0 spiro atoms. The summed E-state index contributed by atoms with van der Waals surface area (Å²) in [6, 6.07) is 0. The highest BCUT2D eigenvalue weighted by Gasteiger charge is 2.47. The first-order chi connectivity index (χ1) is 10.2. The first-order valence-electron chi connectivity index (χ1n) is 6.27. The van der Waals surface area contributed by atoms with Gasteiger partial charge in [-0.15, -0.1) is 0 Å². The van der Waals surface area contributed by atoms with Gasteiger partial charge >= 0.3 is 23.9 Å². The highest BCUT2D eigenvalue weighted by atomic mass is 16.6. The van der Waals surface area contributed by atoms with Crippen molar-refractivity contribution in [3.63, 3.8) is 0 Å². The molecule has 1 saturated heterocycles. The molecule has 0 amide bonds. The smallest absolute Gasteiger partial charge is 0.349 e. The van der Waals surface area contributed by atoms with E-state index >= 15 is 0 Å². The Labute approximate surface area is 125 Å². The fourth-order valence-electron chi connectivity index (χ4n) is 1.47. The number of aliphatic carboxylic acids is 2. The molecule has 122 valence electrons. The van der Waals surface area contributed by atoms with E-state index in [0.29, 0.717) is 6.61 Å². The summed E-state index contributed by atoms with van der Waals surface area (Å²) >= 11 is 0. The number of esters is 2. The van der Waals surface area contributed by atoms with Crippen LogP contribution < -0.4 is 0 Å². The van der Waals surface area contributed by atoms with Gasteiger partial charge in [0.05, 0.1) is 19.4 Å². The van der Waals surface area contributed by atoms with Crippen molar-refractivity contribution in [1.82, 2.24) is 0 Å². The van der Waals surface area contributed by atoms with Gasteiger partial charge in [-0.2, -0.15) is 0 Å². The molecule has 0 saturated carbocycles. The van der Waals surface area contributed by atoms with E-state index in [0.717, 1.165) is 0 Å². The maximum atomic E-state index is 11.7. The first-order valence-corrected chi connectivity index (χ1v) is 6.27. The molecule has 0 aromatic rings. The third-order valence-electron chi connectivity index (χ3n) is 2.73. The van der Waals surface area contributed by atoms with Gasteiger partial charge in [0.2, 0.25) is 5.60 Å². The number of carboxylic acids is 2. The Kier molecular flexibility index (Phi) is 5.63. The average molecular weight is 316 g/mol. The topological polar surface area (TPSA) is 140 Å². The Morgan fingerprint density at radius 3 is 2.27 bits per heavy atom. The van der Waals surface area contributed by atoms with Gasteiger partial charge in [0.1, 0.15) is 12.7 Å². The average Bonchev–Trinajstić information content (AvgIpc) is 3.18. The van der Waals surface area contributed by atoms with E-state index in [4.69, 9.17) is 19.3 Å². The third-order valence-corrected chi connectivity index (χ3v) is 2.73. The van der Waals surface area contributed by atoms with E-state index in [1.807, 2.05) is 0 Å². The number of ether oxygens (including phenoxy) is 3. The van der Waals surface area contributed by atoms with Crippen molar-refractivity contribution in [2.45, 2.75) is 31.5 Å². The molecule has 2 atom stereocenters. The zero-order valence-corrected chi connectivity index (χ0v) is 11.9. The van der Waals surface area contributed by atoms with Gasteiger partial charge in [-0.05, 0) is 6.92 Å². The van der Waals surface area contributed by atoms with E-state index in [2.05, 4.69) is 6.58 Å². The van der Waals surface area contributed by atoms with E-state index in [1.54, 1.807) is 0 Å². The highest BCUT2D eigenvalue weighted by molar-refractivity contribution is 5.94. The number of hydrogen-bond donors (Lipinski definition) is 2. The number of carbonyl (C=O) groups excluding carboxylic acids is 2. The van der Waals surface area contributed by atoms with Crippen LogP contribution >= 0.6 is 0 Å². The first kappa shape index (κ1) is 17.6. The second kappa shape index (κ2) is 7.03. The molecule has 9 nitrogen and oxygen atoms in total. The lowest BCUT2D eigenvalue weighted by molar-refractivity contribution is -0.185. The molecular weight excluding hydrogens is 300 g/mol.